The third kappa shape index (κ3) is 1.48. The lowest BCUT2D eigenvalue weighted by Crippen LogP contribution is -2.10. The Morgan fingerprint density at radius 2 is 2.36 bits per heavy atom. The lowest BCUT2D eigenvalue weighted by atomic mass is 10.2. The first-order valence-electron chi connectivity index (χ1n) is 4.73. The van der Waals surface area contributed by atoms with Gasteiger partial charge in [0.15, 0.2) is 5.65 Å². The van der Waals surface area contributed by atoms with E-state index < -0.39 is 0 Å². The molecular formula is C10H14N4. The predicted molar refractivity (Wildman–Crippen MR) is 56.1 cm³/mol. The summed E-state index contributed by atoms with van der Waals surface area (Å²) in [6.07, 6.45) is 1.82. The molecule has 0 saturated carbocycles. The molecule has 74 valence electrons. The Kier molecular flexibility index (Phi) is 2.21. The zero-order chi connectivity index (χ0) is 10.1. The summed E-state index contributed by atoms with van der Waals surface area (Å²) in [5, 5.41) is 0. The van der Waals surface area contributed by atoms with Gasteiger partial charge in [-0.25, -0.2) is 9.97 Å². The van der Waals surface area contributed by atoms with Crippen molar-refractivity contribution in [2.75, 3.05) is 6.54 Å². The average Bonchev–Trinajstić information content (AvgIpc) is 2.59. The maximum absolute atomic E-state index is 5.58. The molecule has 0 spiro atoms. The highest BCUT2D eigenvalue weighted by molar-refractivity contribution is 5.71. The van der Waals surface area contributed by atoms with Gasteiger partial charge in [0.05, 0.1) is 5.52 Å². The Morgan fingerprint density at radius 1 is 1.57 bits per heavy atom. The zero-order valence-corrected chi connectivity index (χ0v) is 8.41. The van der Waals surface area contributed by atoms with Crippen molar-refractivity contribution in [3.8, 4) is 0 Å². The average molecular weight is 190 g/mol. The van der Waals surface area contributed by atoms with Crippen molar-refractivity contribution in [2.45, 2.75) is 19.8 Å². The smallest absolute Gasteiger partial charge is 0.177 e. The van der Waals surface area contributed by atoms with Crippen molar-refractivity contribution in [1.82, 2.24) is 15.0 Å². The SMILES string of the molecule is Cc1cnc2nc(C(C)CN)[nH]c2c1. The first-order valence-corrected chi connectivity index (χ1v) is 4.73. The van der Waals surface area contributed by atoms with Gasteiger partial charge >= 0.3 is 0 Å². The van der Waals surface area contributed by atoms with Crippen LogP contribution in [0.5, 0.6) is 0 Å². The minimum absolute atomic E-state index is 0.254. The minimum Gasteiger partial charge on any atom is -0.340 e. The Hall–Kier alpha value is -1.42. The summed E-state index contributed by atoms with van der Waals surface area (Å²) in [4.78, 5) is 11.8. The van der Waals surface area contributed by atoms with E-state index in [1.54, 1.807) is 0 Å². The van der Waals surface area contributed by atoms with E-state index >= 15 is 0 Å². The highest BCUT2D eigenvalue weighted by atomic mass is 15.0. The van der Waals surface area contributed by atoms with E-state index in [-0.39, 0.29) is 5.92 Å². The fourth-order valence-corrected chi connectivity index (χ4v) is 1.37. The number of aromatic nitrogens is 3. The predicted octanol–water partition coefficient (Wildman–Crippen LogP) is 1.33. The number of imidazole rings is 1. The van der Waals surface area contributed by atoms with Gasteiger partial charge < -0.3 is 10.7 Å². The Morgan fingerprint density at radius 3 is 3.07 bits per heavy atom. The van der Waals surface area contributed by atoms with Gasteiger partial charge in [-0.1, -0.05) is 6.92 Å². The topological polar surface area (TPSA) is 67.6 Å². The van der Waals surface area contributed by atoms with Crippen LogP contribution in [0, 0.1) is 6.92 Å². The van der Waals surface area contributed by atoms with Gasteiger partial charge in [-0.3, -0.25) is 0 Å². The highest BCUT2D eigenvalue weighted by Crippen LogP contribution is 2.15. The number of hydrogen-bond acceptors (Lipinski definition) is 3. The standard InChI is InChI=1S/C10H14N4/c1-6-3-8-10(12-5-6)14-9(13-8)7(2)4-11/h3,5,7H,4,11H2,1-2H3,(H,12,13,14). The number of H-pyrrole nitrogens is 1. The number of aromatic amines is 1. The number of aryl methyl sites for hydroxylation is 1. The van der Waals surface area contributed by atoms with Gasteiger partial charge in [0.2, 0.25) is 0 Å². The number of rotatable bonds is 2. The summed E-state index contributed by atoms with van der Waals surface area (Å²) in [6, 6.07) is 2.04. The molecule has 0 bridgehead atoms. The van der Waals surface area contributed by atoms with Crippen LogP contribution in [-0.4, -0.2) is 21.5 Å². The number of nitrogens with zero attached hydrogens (tertiary/aromatic N) is 2. The molecule has 4 nitrogen and oxygen atoms in total. The molecule has 2 rings (SSSR count). The van der Waals surface area contributed by atoms with Crippen molar-refractivity contribution >= 4 is 11.2 Å². The Labute approximate surface area is 82.6 Å². The summed E-state index contributed by atoms with van der Waals surface area (Å²) >= 11 is 0. The van der Waals surface area contributed by atoms with Gasteiger partial charge in [-0.2, -0.15) is 0 Å². The summed E-state index contributed by atoms with van der Waals surface area (Å²) < 4.78 is 0. The first kappa shape index (κ1) is 9.15. The second-order valence-corrected chi connectivity index (χ2v) is 3.64. The van der Waals surface area contributed by atoms with Crippen LogP contribution < -0.4 is 5.73 Å². The number of pyridine rings is 1. The molecule has 14 heavy (non-hydrogen) atoms. The van der Waals surface area contributed by atoms with Gasteiger partial charge in [-0.05, 0) is 18.6 Å². The highest BCUT2D eigenvalue weighted by Gasteiger charge is 2.09. The van der Waals surface area contributed by atoms with Gasteiger partial charge in [0.25, 0.3) is 0 Å². The molecule has 4 heteroatoms. The third-order valence-electron chi connectivity index (χ3n) is 2.31. The summed E-state index contributed by atoms with van der Waals surface area (Å²) in [6.45, 7) is 4.66. The second-order valence-electron chi connectivity index (χ2n) is 3.64. The molecule has 0 saturated heterocycles. The van der Waals surface area contributed by atoms with Crippen LogP contribution in [0.15, 0.2) is 12.3 Å². The van der Waals surface area contributed by atoms with Crippen LogP contribution in [0.2, 0.25) is 0 Å². The number of hydrogen-bond donors (Lipinski definition) is 2. The van der Waals surface area contributed by atoms with E-state index in [0.29, 0.717) is 6.54 Å². The van der Waals surface area contributed by atoms with Crippen LogP contribution in [0.25, 0.3) is 11.2 Å². The summed E-state index contributed by atoms with van der Waals surface area (Å²) in [5.74, 6) is 1.17. The lowest BCUT2D eigenvalue weighted by molar-refractivity contribution is 0.727. The molecule has 2 aromatic heterocycles. The molecule has 0 aromatic carbocycles. The van der Waals surface area contributed by atoms with Crippen LogP contribution in [0.1, 0.15) is 24.2 Å². The van der Waals surface area contributed by atoms with E-state index in [1.165, 1.54) is 0 Å². The normalized spacial score (nSPS) is 13.4. The minimum atomic E-state index is 0.254. The zero-order valence-electron chi connectivity index (χ0n) is 8.41. The van der Waals surface area contributed by atoms with E-state index in [9.17, 15) is 0 Å². The van der Waals surface area contributed by atoms with Crippen molar-refractivity contribution < 1.29 is 0 Å². The van der Waals surface area contributed by atoms with Crippen molar-refractivity contribution in [1.29, 1.82) is 0 Å². The summed E-state index contributed by atoms with van der Waals surface area (Å²) in [7, 11) is 0. The van der Waals surface area contributed by atoms with Crippen LogP contribution in [0.3, 0.4) is 0 Å². The number of nitrogens with two attached hydrogens (primary N) is 1. The molecule has 1 atom stereocenters. The molecule has 1 unspecified atom stereocenters. The molecular weight excluding hydrogens is 176 g/mol. The fourth-order valence-electron chi connectivity index (χ4n) is 1.37. The number of fused-ring (bicyclic) bond motifs is 1. The van der Waals surface area contributed by atoms with E-state index in [0.717, 1.165) is 22.6 Å². The fraction of sp³-hybridized carbons (Fsp3) is 0.400. The maximum Gasteiger partial charge on any atom is 0.177 e. The van der Waals surface area contributed by atoms with Gasteiger partial charge in [0.1, 0.15) is 5.82 Å². The monoisotopic (exact) mass is 190 g/mol. The molecule has 2 heterocycles. The largest absolute Gasteiger partial charge is 0.340 e. The Balaban J connectivity index is 2.51. The molecule has 0 aliphatic carbocycles. The van der Waals surface area contributed by atoms with E-state index in [2.05, 4.69) is 15.0 Å². The molecule has 0 aliphatic rings. The molecule has 0 amide bonds. The molecule has 0 radical (unpaired) electrons. The van der Waals surface area contributed by atoms with Gasteiger partial charge in [0, 0.05) is 18.7 Å². The van der Waals surface area contributed by atoms with Gasteiger partial charge in [-0.15, -0.1) is 0 Å². The summed E-state index contributed by atoms with van der Waals surface area (Å²) in [5.41, 5.74) is 8.46. The maximum atomic E-state index is 5.58. The molecule has 2 aromatic rings. The quantitative estimate of drug-likeness (QED) is 0.750. The molecule has 0 aliphatic heterocycles. The van der Waals surface area contributed by atoms with Crippen LogP contribution in [-0.2, 0) is 0 Å². The molecule has 0 fully saturated rings. The lowest BCUT2D eigenvalue weighted by Gasteiger charge is -2.01. The van der Waals surface area contributed by atoms with Crippen LogP contribution >= 0.6 is 0 Å². The van der Waals surface area contributed by atoms with Crippen molar-refractivity contribution in [3.05, 3.63) is 23.7 Å². The first-order chi connectivity index (χ1) is 6.70. The van der Waals surface area contributed by atoms with E-state index in [1.807, 2.05) is 26.1 Å². The number of nitrogens with one attached hydrogen (secondary N) is 1. The van der Waals surface area contributed by atoms with E-state index in [4.69, 9.17) is 5.73 Å². The third-order valence-corrected chi connectivity index (χ3v) is 2.31. The second kappa shape index (κ2) is 3.38. The van der Waals surface area contributed by atoms with Crippen LogP contribution in [0.4, 0.5) is 0 Å². The van der Waals surface area contributed by atoms with Crippen molar-refractivity contribution in [3.63, 3.8) is 0 Å². The van der Waals surface area contributed by atoms with Crippen molar-refractivity contribution in [2.24, 2.45) is 5.73 Å². The Bertz CT molecular complexity index is 446. The molecule has 3 N–H and O–H groups in total.